The highest BCUT2D eigenvalue weighted by atomic mass is 32.2. The molecule has 0 radical (unpaired) electrons. The summed E-state index contributed by atoms with van der Waals surface area (Å²) in [5, 5.41) is 9.81. The highest BCUT2D eigenvalue weighted by Crippen LogP contribution is 2.33. The number of nitrogens with zero attached hydrogens (tertiary/aromatic N) is 4. The maximum atomic E-state index is 13.9. The van der Waals surface area contributed by atoms with E-state index in [1.807, 2.05) is 6.07 Å². The fraction of sp³-hybridized carbons (Fsp3) is 0.242. The van der Waals surface area contributed by atoms with Crippen LogP contribution in [0.5, 0.6) is 5.75 Å². The lowest BCUT2D eigenvalue weighted by atomic mass is 9.96. The lowest BCUT2D eigenvalue weighted by Gasteiger charge is -2.24. The largest absolute Gasteiger partial charge is 0.496 e. The first-order chi connectivity index (χ1) is 22.1. The van der Waals surface area contributed by atoms with Gasteiger partial charge in [-0.25, -0.2) is 27.9 Å². The Morgan fingerprint density at radius 1 is 1.20 bits per heavy atom. The monoisotopic (exact) mass is 664 g/mol. The number of aromatic nitrogens is 2. The van der Waals surface area contributed by atoms with Crippen LogP contribution in [0.3, 0.4) is 0 Å². The van der Waals surface area contributed by atoms with Gasteiger partial charge in [0.2, 0.25) is 0 Å². The molecular weight excluding hydrogens is 638 g/mol. The van der Waals surface area contributed by atoms with E-state index in [0.29, 0.717) is 43.0 Å². The number of hydrogen-bond donors (Lipinski definition) is 0. The van der Waals surface area contributed by atoms with Crippen molar-refractivity contribution in [1.29, 1.82) is 5.26 Å². The Morgan fingerprint density at radius 3 is 2.59 bits per heavy atom. The fourth-order valence-corrected chi connectivity index (χ4v) is 7.16. The molecule has 1 atom stereocenters. The molecule has 2 aromatic carbocycles. The molecule has 0 spiro atoms. The number of aryl methyl sites for hydroxylation is 1. The van der Waals surface area contributed by atoms with E-state index in [-0.39, 0.29) is 28.5 Å². The van der Waals surface area contributed by atoms with Crippen LogP contribution in [-0.2, 0) is 15.3 Å². The minimum absolute atomic E-state index is 0.124. The summed E-state index contributed by atoms with van der Waals surface area (Å²) in [4.78, 5) is 35.9. The zero-order valence-electron chi connectivity index (χ0n) is 25.1. The molecule has 3 heterocycles. The summed E-state index contributed by atoms with van der Waals surface area (Å²) >= 11 is 2.27. The molecule has 0 aliphatic carbocycles. The Bertz CT molecular complexity index is 2080. The van der Waals surface area contributed by atoms with E-state index in [2.05, 4.69) is 9.98 Å². The summed E-state index contributed by atoms with van der Waals surface area (Å²) in [6, 6.07) is 13.2. The average Bonchev–Trinajstić information content (AvgIpc) is 3.33. The van der Waals surface area contributed by atoms with Crippen molar-refractivity contribution >= 4 is 35.1 Å². The Hall–Kier alpha value is -4.67. The molecule has 0 amide bonds. The van der Waals surface area contributed by atoms with Gasteiger partial charge in [-0.1, -0.05) is 29.5 Å². The number of hydrogen-bond acceptors (Lipinski definition) is 9. The van der Waals surface area contributed by atoms with E-state index >= 15 is 0 Å². The number of alkyl halides is 2. The SMILES string of the molecule is CCOC(=O)C1=C(C)N=c2sc(=Cc3ccc(OC)c(CSc4nc(C(F)F)cc(C)c4C#N)c3)c(=O)n2C1c1ccc(F)cc1. The number of methoxy groups -OCH3 is 1. The van der Waals surface area contributed by atoms with Crippen molar-refractivity contribution in [3.8, 4) is 11.8 Å². The van der Waals surface area contributed by atoms with Gasteiger partial charge in [0.15, 0.2) is 4.80 Å². The van der Waals surface area contributed by atoms with Gasteiger partial charge < -0.3 is 9.47 Å². The molecule has 2 aromatic heterocycles. The van der Waals surface area contributed by atoms with Crippen LogP contribution in [0.4, 0.5) is 13.2 Å². The number of carbonyl (C=O) groups is 1. The maximum absolute atomic E-state index is 13.9. The zero-order chi connectivity index (χ0) is 33.1. The topological polar surface area (TPSA) is 107 Å². The van der Waals surface area contributed by atoms with E-state index in [1.165, 1.54) is 42.0 Å². The third-order valence-corrected chi connectivity index (χ3v) is 9.22. The van der Waals surface area contributed by atoms with Crippen LogP contribution in [0.1, 0.15) is 59.8 Å². The average molecular weight is 665 g/mol. The van der Waals surface area contributed by atoms with Crippen LogP contribution in [-0.4, -0.2) is 29.2 Å². The van der Waals surface area contributed by atoms with Crippen LogP contribution in [0, 0.1) is 24.1 Å². The molecule has 1 unspecified atom stereocenters. The quantitative estimate of drug-likeness (QED) is 0.166. The molecule has 1 aliphatic rings. The molecule has 0 saturated carbocycles. The second kappa shape index (κ2) is 13.8. The third kappa shape index (κ3) is 6.49. The molecular formula is C33H27F3N4O4S2. The molecule has 8 nitrogen and oxygen atoms in total. The predicted molar refractivity (Wildman–Crippen MR) is 168 cm³/mol. The van der Waals surface area contributed by atoms with E-state index < -0.39 is 35.5 Å². The summed E-state index contributed by atoms with van der Waals surface area (Å²) in [6.07, 6.45) is -1.10. The van der Waals surface area contributed by atoms with E-state index in [4.69, 9.17) is 9.47 Å². The van der Waals surface area contributed by atoms with Gasteiger partial charge >= 0.3 is 5.97 Å². The first-order valence-corrected chi connectivity index (χ1v) is 15.8. The lowest BCUT2D eigenvalue weighted by molar-refractivity contribution is -0.139. The van der Waals surface area contributed by atoms with Crippen molar-refractivity contribution < 1.29 is 27.4 Å². The number of allylic oxidation sites excluding steroid dienone is 1. The molecule has 46 heavy (non-hydrogen) atoms. The number of fused-ring (bicyclic) bond motifs is 1. The second-order valence-corrected chi connectivity index (χ2v) is 12.1. The van der Waals surface area contributed by atoms with Crippen molar-refractivity contribution in [3.63, 3.8) is 0 Å². The van der Waals surface area contributed by atoms with Crippen molar-refractivity contribution in [3.05, 3.63) is 119 Å². The molecule has 5 rings (SSSR count). The Labute approximate surface area is 270 Å². The molecule has 0 saturated heterocycles. The van der Waals surface area contributed by atoms with Gasteiger partial charge in [-0.3, -0.25) is 9.36 Å². The number of ether oxygens (including phenoxy) is 2. The summed E-state index contributed by atoms with van der Waals surface area (Å²) in [5.41, 5.74) is 2.25. The highest BCUT2D eigenvalue weighted by Gasteiger charge is 2.33. The molecule has 236 valence electrons. The van der Waals surface area contributed by atoms with Gasteiger partial charge in [0.25, 0.3) is 12.0 Å². The summed E-state index contributed by atoms with van der Waals surface area (Å²) in [6.45, 7) is 5.06. The molecule has 0 bridgehead atoms. The first-order valence-electron chi connectivity index (χ1n) is 14.0. The number of esters is 1. The van der Waals surface area contributed by atoms with Crippen molar-refractivity contribution in [2.45, 2.75) is 44.0 Å². The van der Waals surface area contributed by atoms with Crippen LogP contribution < -0.4 is 19.6 Å². The molecule has 0 N–H and O–H groups in total. The molecule has 13 heteroatoms. The normalized spacial score (nSPS) is 14.6. The molecule has 0 fully saturated rings. The van der Waals surface area contributed by atoms with Crippen LogP contribution in [0.25, 0.3) is 6.08 Å². The number of halogens is 3. The van der Waals surface area contributed by atoms with Gasteiger partial charge in [-0.2, -0.15) is 5.26 Å². The van der Waals surface area contributed by atoms with Crippen molar-refractivity contribution in [2.75, 3.05) is 13.7 Å². The summed E-state index contributed by atoms with van der Waals surface area (Å²) in [7, 11) is 1.50. The Morgan fingerprint density at radius 2 is 1.93 bits per heavy atom. The number of benzene rings is 2. The van der Waals surface area contributed by atoms with Gasteiger partial charge in [0, 0.05) is 11.3 Å². The fourth-order valence-electron chi connectivity index (χ4n) is 5.07. The second-order valence-electron chi connectivity index (χ2n) is 10.2. The molecule has 4 aromatic rings. The van der Waals surface area contributed by atoms with Crippen LogP contribution in [0.15, 0.2) is 74.6 Å². The van der Waals surface area contributed by atoms with Gasteiger partial charge in [0.05, 0.1) is 41.1 Å². The van der Waals surface area contributed by atoms with Crippen molar-refractivity contribution in [1.82, 2.24) is 9.55 Å². The lowest BCUT2D eigenvalue weighted by Crippen LogP contribution is -2.39. The standard InChI is InChI=1S/C33H27F3N4O4S2/c1-5-44-32(42)27-18(3)38-33-40(28(27)20-7-9-22(34)10-8-20)31(41)26(46-33)14-19-6-11-25(43-4)21(13-19)16-45-30-23(15-37)17(2)12-24(39-30)29(35)36/h6-14,28-29H,5,16H2,1-4H3. The number of rotatable bonds is 9. The van der Waals surface area contributed by atoms with Crippen LogP contribution >= 0.6 is 23.1 Å². The van der Waals surface area contributed by atoms with Gasteiger partial charge in [-0.15, -0.1) is 11.8 Å². The van der Waals surface area contributed by atoms with E-state index in [9.17, 15) is 28.0 Å². The summed E-state index contributed by atoms with van der Waals surface area (Å²) < 4.78 is 53.2. The van der Waals surface area contributed by atoms with E-state index in [0.717, 1.165) is 23.1 Å². The van der Waals surface area contributed by atoms with Gasteiger partial charge in [-0.05, 0) is 73.9 Å². The Balaban J connectivity index is 1.56. The van der Waals surface area contributed by atoms with E-state index in [1.54, 1.807) is 45.0 Å². The predicted octanol–water partition coefficient (Wildman–Crippen LogP) is 5.75. The molecule has 1 aliphatic heterocycles. The highest BCUT2D eigenvalue weighted by molar-refractivity contribution is 7.98. The van der Waals surface area contributed by atoms with Crippen LogP contribution in [0.2, 0.25) is 0 Å². The smallest absolute Gasteiger partial charge is 0.338 e. The number of pyridine rings is 1. The number of carbonyl (C=O) groups excluding carboxylic acids is 1. The van der Waals surface area contributed by atoms with Gasteiger partial charge in [0.1, 0.15) is 28.4 Å². The minimum Gasteiger partial charge on any atom is -0.496 e. The summed E-state index contributed by atoms with van der Waals surface area (Å²) in [5.74, 6) is -0.308. The minimum atomic E-state index is -2.78. The zero-order valence-corrected chi connectivity index (χ0v) is 26.8. The Kier molecular flexibility index (Phi) is 9.79. The number of nitriles is 1. The number of thiazole rings is 1. The third-order valence-electron chi connectivity index (χ3n) is 7.21. The maximum Gasteiger partial charge on any atom is 0.338 e. The number of thioether (sulfide) groups is 1. The first kappa shape index (κ1) is 32.7. The van der Waals surface area contributed by atoms with Crippen molar-refractivity contribution in [2.24, 2.45) is 4.99 Å².